The quantitative estimate of drug-likeness (QED) is 0.420. The number of hydrogen-bond acceptors (Lipinski definition) is 6. The molecule has 2 aromatic heterocycles. The van der Waals surface area contributed by atoms with Crippen LogP contribution in [0.5, 0.6) is 0 Å². The first-order chi connectivity index (χ1) is 14.7. The van der Waals surface area contributed by atoms with E-state index in [-0.39, 0.29) is 12.4 Å². The third-order valence-electron chi connectivity index (χ3n) is 5.57. The molecular weight excluding hydrogens is 398 g/mol. The Morgan fingerprint density at radius 2 is 2.00 bits per heavy atom. The zero-order valence-electron chi connectivity index (χ0n) is 17.4. The average Bonchev–Trinajstić information content (AvgIpc) is 3.17. The van der Waals surface area contributed by atoms with E-state index in [0.29, 0.717) is 5.92 Å². The van der Waals surface area contributed by atoms with Crippen LogP contribution < -0.4 is 0 Å². The van der Waals surface area contributed by atoms with Crippen LogP contribution in [0.15, 0.2) is 53.7 Å². The van der Waals surface area contributed by atoms with Crippen molar-refractivity contribution in [3.8, 4) is 11.1 Å². The Kier molecular flexibility index (Phi) is 6.72. The average molecular weight is 426 g/mol. The Hall–Kier alpha value is -2.35. The number of esters is 1. The molecule has 0 spiro atoms. The molecule has 0 aliphatic carbocycles. The van der Waals surface area contributed by atoms with Crippen molar-refractivity contribution in [1.82, 2.24) is 13.9 Å². The highest BCUT2D eigenvalue weighted by atomic mass is 32.2. The smallest absolute Gasteiger partial charge is 0.310 e. The number of carbonyl (C=O) groups excluding carboxylic acids is 1. The SMILES string of the molecule is COCC1CCN(Sc2ccccc2-c2ccn3ncc(CC(=O)OC)c3c2)CC1. The third-order valence-corrected chi connectivity index (χ3v) is 6.74. The minimum atomic E-state index is -0.261. The molecule has 0 amide bonds. The van der Waals surface area contributed by atoms with Gasteiger partial charge in [0.1, 0.15) is 0 Å². The molecule has 4 rings (SSSR count). The third kappa shape index (κ3) is 4.69. The molecule has 3 heterocycles. The number of pyridine rings is 1. The fourth-order valence-corrected chi connectivity index (χ4v) is 4.98. The topological polar surface area (TPSA) is 56.1 Å². The normalized spacial score (nSPS) is 15.5. The molecular formula is C23H27N3O3S. The summed E-state index contributed by atoms with van der Waals surface area (Å²) < 4.78 is 14.4. The van der Waals surface area contributed by atoms with E-state index in [1.807, 2.05) is 18.1 Å². The summed E-state index contributed by atoms with van der Waals surface area (Å²) in [5.41, 5.74) is 4.10. The van der Waals surface area contributed by atoms with Crippen LogP contribution in [0.1, 0.15) is 18.4 Å². The van der Waals surface area contributed by atoms with Crippen molar-refractivity contribution in [2.24, 2.45) is 5.92 Å². The van der Waals surface area contributed by atoms with Crippen LogP contribution in [0.25, 0.3) is 16.6 Å². The summed E-state index contributed by atoms with van der Waals surface area (Å²) in [4.78, 5) is 13.0. The summed E-state index contributed by atoms with van der Waals surface area (Å²) in [5.74, 6) is 0.405. The van der Waals surface area contributed by atoms with Gasteiger partial charge in [-0.05, 0) is 60.0 Å². The highest BCUT2D eigenvalue weighted by molar-refractivity contribution is 7.97. The Bertz CT molecular complexity index is 1010. The number of carbonyl (C=O) groups is 1. The minimum absolute atomic E-state index is 0.219. The van der Waals surface area contributed by atoms with Crippen LogP contribution in [0.4, 0.5) is 0 Å². The zero-order chi connectivity index (χ0) is 20.9. The van der Waals surface area contributed by atoms with Crippen LogP contribution >= 0.6 is 11.9 Å². The summed E-state index contributed by atoms with van der Waals surface area (Å²) in [6, 6.07) is 12.7. The molecule has 0 unspecified atom stereocenters. The van der Waals surface area contributed by atoms with Crippen LogP contribution in [0.3, 0.4) is 0 Å². The fraction of sp³-hybridized carbons (Fsp3) is 0.391. The van der Waals surface area contributed by atoms with Gasteiger partial charge in [-0.1, -0.05) is 18.2 Å². The molecule has 30 heavy (non-hydrogen) atoms. The van der Waals surface area contributed by atoms with Gasteiger partial charge in [-0.15, -0.1) is 0 Å². The Morgan fingerprint density at radius 3 is 2.77 bits per heavy atom. The van der Waals surface area contributed by atoms with E-state index in [2.05, 4.69) is 45.8 Å². The van der Waals surface area contributed by atoms with E-state index in [1.54, 1.807) is 17.8 Å². The van der Waals surface area contributed by atoms with Gasteiger partial charge < -0.3 is 9.47 Å². The van der Waals surface area contributed by atoms with Gasteiger partial charge in [0.05, 0.1) is 25.2 Å². The highest BCUT2D eigenvalue weighted by Crippen LogP contribution is 2.36. The maximum absolute atomic E-state index is 11.7. The lowest BCUT2D eigenvalue weighted by Gasteiger charge is -2.31. The molecule has 1 fully saturated rings. The van der Waals surface area contributed by atoms with Crippen molar-refractivity contribution in [1.29, 1.82) is 0 Å². The van der Waals surface area contributed by atoms with Crippen molar-refractivity contribution in [3.05, 3.63) is 54.4 Å². The molecule has 1 saturated heterocycles. The van der Waals surface area contributed by atoms with Gasteiger partial charge in [-0.3, -0.25) is 4.79 Å². The van der Waals surface area contributed by atoms with Gasteiger partial charge in [0.15, 0.2) is 0 Å². The van der Waals surface area contributed by atoms with Crippen LogP contribution in [-0.2, 0) is 20.7 Å². The molecule has 0 atom stereocenters. The van der Waals surface area contributed by atoms with Crippen molar-refractivity contribution in [3.63, 3.8) is 0 Å². The Balaban J connectivity index is 1.57. The summed E-state index contributed by atoms with van der Waals surface area (Å²) in [7, 11) is 3.19. The molecule has 0 saturated carbocycles. The van der Waals surface area contributed by atoms with Gasteiger partial charge in [0, 0.05) is 43.5 Å². The molecule has 6 nitrogen and oxygen atoms in total. The van der Waals surface area contributed by atoms with Crippen LogP contribution in [0.2, 0.25) is 0 Å². The lowest BCUT2D eigenvalue weighted by molar-refractivity contribution is -0.139. The molecule has 158 valence electrons. The number of fused-ring (bicyclic) bond motifs is 1. The van der Waals surface area contributed by atoms with E-state index < -0.39 is 0 Å². The monoisotopic (exact) mass is 425 g/mol. The molecule has 1 aromatic carbocycles. The van der Waals surface area contributed by atoms with E-state index in [1.165, 1.54) is 30.4 Å². The summed E-state index contributed by atoms with van der Waals surface area (Å²) in [5, 5.41) is 4.36. The van der Waals surface area contributed by atoms with Crippen LogP contribution in [-0.4, -0.2) is 53.8 Å². The van der Waals surface area contributed by atoms with Crippen molar-refractivity contribution in [2.45, 2.75) is 24.2 Å². The maximum atomic E-state index is 11.7. The molecule has 0 N–H and O–H groups in total. The van der Waals surface area contributed by atoms with Gasteiger partial charge in [0.2, 0.25) is 0 Å². The predicted octanol–water partition coefficient (Wildman–Crippen LogP) is 4.08. The van der Waals surface area contributed by atoms with Crippen molar-refractivity contribution < 1.29 is 14.3 Å². The Morgan fingerprint density at radius 1 is 1.20 bits per heavy atom. The number of hydrogen-bond donors (Lipinski definition) is 0. The lowest BCUT2D eigenvalue weighted by Crippen LogP contribution is -2.30. The van der Waals surface area contributed by atoms with Crippen molar-refractivity contribution >= 4 is 23.4 Å². The second-order valence-electron chi connectivity index (χ2n) is 7.58. The number of ether oxygens (including phenoxy) is 2. The minimum Gasteiger partial charge on any atom is -0.469 e. The van der Waals surface area contributed by atoms with Crippen LogP contribution in [0, 0.1) is 5.92 Å². The second kappa shape index (κ2) is 9.64. The number of benzene rings is 1. The predicted molar refractivity (Wildman–Crippen MR) is 118 cm³/mol. The summed E-state index contributed by atoms with van der Waals surface area (Å²) in [6.07, 6.45) is 6.24. The summed E-state index contributed by atoms with van der Waals surface area (Å²) in [6.45, 7) is 2.99. The zero-order valence-corrected chi connectivity index (χ0v) is 18.2. The summed E-state index contributed by atoms with van der Waals surface area (Å²) >= 11 is 1.83. The van der Waals surface area contributed by atoms with E-state index in [9.17, 15) is 4.79 Å². The molecule has 1 aliphatic heterocycles. The maximum Gasteiger partial charge on any atom is 0.310 e. The highest BCUT2D eigenvalue weighted by Gasteiger charge is 2.21. The number of piperidine rings is 1. The molecule has 0 bridgehead atoms. The van der Waals surface area contributed by atoms with Gasteiger partial charge in [-0.25, -0.2) is 8.82 Å². The number of nitrogens with zero attached hydrogens (tertiary/aromatic N) is 3. The Labute approximate surface area is 181 Å². The second-order valence-corrected chi connectivity index (χ2v) is 8.72. The lowest BCUT2D eigenvalue weighted by atomic mass is 9.99. The van der Waals surface area contributed by atoms with Gasteiger partial charge in [-0.2, -0.15) is 5.10 Å². The first kappa shape index (κ1) is 20.9. The van der Waals surface area contributed by atoms with Gasteiger partial charge in [0.25, 0.3) is 0 Å². The standard InChI is InChI=1S/C23H27N3O3S/c1-28-16-17-7-10-25(11-8-17)30-22-6-4-3-5-20(22)18-9-12-26-21(13-18)19(15-24-26)14-23(27)29-2/h3-6,9,12-13,15,17H,7-8,10-11,14,16H2,1-2H3. The first-order valence-corrected chi connectivity index (χ1v) is 11.0. The van der Waals surface area contributed by atoms with E-state index >= 15 is 0 Å². The first-order valence-electron chi connectivity index (χ1n) is 10.2. The van der Waals surface area contributed by atoms with Crippen molar-refractivity contribution in [2.75, 3.05) is 33.9 Å². The largest absolute Gasteiger partial charge is 0.469 e. The van der Waals surface area contributed by atoms with E-state index in [0.717, 1.165) is 36.3 Å². The number of aromatic nitrogens is 2. The molecule has 7 heteroatoms. The number of methoxy groups -OCH3 is 2. The molecule has 0 radical (unpaired) electrons. The van der Waals surface area contributed by atoms with E-state index in [4.69, 9.17) is 9.47 Å². The fourth-order valence-electron chi connectivity index (χ4n) is 3.89. The molecule has 3 aromatic rings. The number of rotatable bonds is 7. The van der Waals surface area contributed by atoms with Gasteiger partial charge >= 0.3 is 5.97 Å². The molecule has 1 aliphatic rings.